The Bertz CT molecular complexity index is 770. The van der Waals surface area contributed by atoms with E-state index in [9.17, 15) is 15.0 Å². The van der Waals surface area contributed by atoms with Gasteiger partial charge in [-0.05, 0) is 92.3 Å². The topological polar surface area (TPSA) is 57.5 Å². The van der Waals surface area contributed by atoms with Crippen molar-refractivity contribution in [2.75, 3.05) is 0 Å². The third kappa shape index (κ3) is 3.56. The van der Waals surface area contributed by atoms with Crippen molar-refractivity contribution in [3.63, 3.8) is 0 Å². The minimum Gasteiger partial charge on any atom is -0.393 e. The first-order valence-corrected chi connectivity index (χ1v) is 13.4. The molecule has 3 nitrogen and oxygen atoms in total. The quantitative estimate of drug-likeness (QED) is 0.509. The lowest BCUT2D eigenvalue weighted by molar-refractivity contribution is -0.176. The molecule has 0 unspecified atom stereocenters. The van der Waals surface area contributed by atoms with Crippen molar-refractivity contribution in [1.29, 1.82) is 0 Å². The zero-order valence-corrected chi connectivity index (χ0v) is 21.7. The normalized spacial score (nSPS) is 48.4. The van der Waals surface area contributed by atoms with Crippen LogP contribution < -0.4 is 0 Å². The van der Waals surface area contributed by atoms with Gasteiger partial charge in [0.25, 0.3) is 0 Å². The molecule has 0 heterocycles. The van der Waals surface area contributed by atoms with Gasteiger partial charge in [0.2, 0.25) is 0 Å². The molecule has 3 saturated carbocycles. The number of aliphatic hydroxyl groups is 2. The zero-order chi connectivity index (χ0) is 23.6. The third-order valence-corrected chi connectivity index (χ3v) is 11.4. The first kappa shape index (κ1) is 24.5. The number of ketones is 1. The molecule has 0 saturated heterocycles. The SMILES string of the molecule is CC(C)[C@@H](C)[C@H](C)C[C@@]1(C)C(=O)[C@@]2(C)CC[C@H]3[C@@H](CC=C4C[C@@H](O)CC[C@@]43C)[C@@H]2C[C@H]1O. The Hall–Kier alpha value is -0.670. The molecule has 2 N–H and O–H groups in total. The molecule has 10 atom stereocenters. The van der Waals surface area contributed by atoms with E-state index in [1.54, 1.807) is 0 Å². The lowest BCUT2D eigenvalue weighted by atomic mass is 9.42. The van der Waals surface area contributed by atoms with Gasteiger partial charge in [0, 0.05) is 5.41 Å². The van der Waals surface area contributed by atoms with Crippen LogP contribution in [0.1, 0.15) is 99.8 Å². The first-order valence-electron chi connectivity index (χ1n) is 13.4. The fourth-order valence-corrected chi connectivity index (χ4v) is 8.72. The molecule has 32 heavy (non-hydrogen) atoms. The van der Waals surface area contributed by atoms with E-state index in [-0.39, 0.29) is 22.9 Å². The zero-order valence-electron chi connectivity index (χ0n) is 21.7. The van der Waals surface area contributed by atoms with Crippen LogP contribution in [0.15, 0.2) is 11.6 Å². The molecule has 3 heteroatoms. The van der Waals surface area contributed by atoms with E-state index < -0.39 is 11.5 Å². The number of carbonyl (C=O) groups is 1. The van der Waals surface area contributed by atoms with Crippen LogP contribution in [0.25, 0.3) is 0 Å². The number of aliphatic hydroxyl groups excluding tert-OH is 2. The maximum Gasteiger partial charge on any atom is 0.147 e. The second kappa shape index (κ2) is 8.22. The van der Waals surface area contributed by atoms with Crippen LogP contribution in [0.3, 0.4) is 0 Å². The number of rotatable bonds is 4. The minimum atomic E-state index is -0.630. The molecule has 0 aromatic heterocycles. The van der Waals surface area contributed by atoms with Gasteiger partial charge >= 0.3 is 0 Å². The molecular formula is C29H48O3. The van der Waals surface area contributed by atoms with E-state index in [2.05, 4.69) is 54.5 Å². The summed E-state index contributed by atoms with van der Waals surface area (Å²) in [5.41, 5.74) is 0.686. The molecule has 3 fully saturated rings. The molecule has 0 spiro atoms. The van der Waals surface area contributed by atoms with Crippen LogP contribution in [0, 0.1) is 51.8 Å². The molecular weight excluding hydrogens is 396 g/mol. The Kier molecular flexibility index (Phi) is 6.28. The van der Waals surface area contributed by atoms with Crippen LogP contribution >= 0.6 is 0 Å². The Morgan fingerprint density at radius 3 is 2.31 bits per heavy atom. The maximum atomic E-state index is 14.2. The Morgan fingerprint density at radius 2 is 1.66 bits per heavy atom. The van der Waals surface area contributed by atoms with Crippen LogP contribution in [-0.4, -0.2) is 28.2 Å². The summed E-state index contributed by atoms with van der Waals surface area (Å²) in [5.74, 6) is 3.22. The smallest absolute Gasteiger partial charge is 0.147 e. The van der Waals surface area contributed by atoms with E-state index in [0.717, 1.165) is 51.4 Å². The van der Waals surface area contributed by atoms with E-state index in [1.165, 1.54) is 5.57 Å². The predicted octanol–water partition coefficient (Wildman–Crippen LogP) is 6.17. The fourth-order valence-electron chi connectivity index (χ4n) is 8.72. The molecule has 4 rings (SSSR count). The highest BCUT2D eigenvalue weighted by Gasteiger charge is 2.63. The van der Waals surface area contributed by atoms with Crippen molar-refractivity contribution in [1.82, 2.24) is 0 Å². The average molecular weight is 445 g/mol. The van der Waals surface area contributed by atoms with E-state index in [4.69, 9.17) is 0 Å². The Morgan fingerprint density at radius 1 is 1.00 bits per heavy atom. The molecule has 4 aliphatic carbocycles. The summed E-state index contributed by atoms with van der Waals surface area (Å²) >= 11 is 0. The summed E-state index contributed by atoms with van der Waals surface area (Å²) in [7, 11) is 0. The fraction of sp³-hybridized carbons (Fsp3) is 0.897. The summed E-state index contributed by atoms with van der Waals surface area (Å²) in [6.45, 7) is 15.8. The van der Waals surface area contributed by atoms with E-state index >= 15 is 0 Å². The van der Waals surface area contributed by atoms with Crippen LogP contribution in [0.5, 0.6) is 0 Å². The van der Waals surface area contributed by atoms with Gasteiger partial charge in [-0.15, -0.1) is 0 Å². The van der Waals surface area contributed by atoms with Crippen LogP contribution in [-0.2, 0) is 4.79 Å². The molecule has 0 radical (unpaired) electrons. The maximum absolute atomic E-state index is 14.2. The lowest BCUT2D eigenvalue weighted by Gasteiger charge is -2.62. The summed E-state index contributed by atoms with van der Waals surface area (Å²) < 4.78 is 0. The summed E-state index contributed by atoms with van der Waals surface area (Å²) in [4.78, 5) is 14.2. The van der Waals surface area contributed by atoms with Gasteiger partial charge in [-0.1, -0.05) is 60.1 Å². The van der Waals surface area contributed by atoms with Crippen molar-refractivity contribution < 1.29 is 15.0 Å². The molecule has 182 valence electrons. The largest absolute Gasteiger partial charge is 0.393 e. The van der Waals surface area contributed by atoms with Crippen LogP contribution in [0.4, 0.5) is 0 Å². The first-order chi connectivity index (χ1) is 14.8. The number of fused-ring (bicyclic) bond motifs is 5. The summed E-state index contributed by atoms with van der Waals surface area (Å²) in [6, 6.07) is 0. The second-order valence-electron chi connectivity index (χ2n) is 13.4. The van der Waals surface area contributed by atoms with Gasteiger partial charge in [-0.2, -0.15) is 0 Å². The number of allylic oxidation sites excluding steroid dienone is 1. The lowest BCUT2D eigenvalue weighted by Crippen LogP contribution is -2.62. The average Bonchev–Trinajstić information content (AvgIpc) is 2.73. The Labute approximate surface area is 196 Å². The third-order valence-electron chi connectivity index (χ3n) is 11.4. The van der Waals surface area contributed by atoms with Crippen molar-refractivity contribution in [2.24, 2.45) is 51.8 Å². The number of hydrogen-bond donors (Lipinski definition) is 2. The second-order valence-corrected chi connectivity index (χ2v) is 13.4. The van der Waals surface area contributed by atoms with E-state index in [1.807, 2.05) is 0 Å². The highest BCUT2D eigenvalue weighted by Crippen LogP contribution is 2.65. The number of hydrogen-bond acceptors (Lipinski definition) is 3. The monoisotopic (exact) mass is 444 g/mol. The van der Waals surface area contributed by atoms with Gasteiger partial charge in [0.05, 0.1) is 17.6 Å². The number of carbonyl (C=O) groups excluding carboxylic acids is 1. The summed E-state index contributed by atoms with van der Waals surface area (Å²) in [5, 5.41) is 21.7. The van der Waals surface area contributed by atoms with Crippen molar-refractivity contribution in [2.45, 2.75) is 112 Å². The molecule has 0 aliphatic heterocycles. The van der Waals surface area contributed by atoms with Crippen molar-refractivity contribution in [3.8, 4) is 0 Å². The molecule has 4 aliphatic rings. The standard InChI is InChI=1S/C29H48O3/c1-17(2)19(4)18(3)16-29(7)25(31)15-24-22-9-8-20-14-21(30)10-12-27(20,5)23(22)11-13-28(24,6)26(29)32/h8,17-19,21-25,30-31H,9-16H2,1-7H3/t18-,19-,21+,22-,23+,24+,25-,27+,28+,29-/m1/s1. The molecule has 0 aromatic rings. The molecule has 0 aromatic carbocycles. The van der Waals surface area contributed by atoms with Gasteiger partial charge in [-0.3, -0.25) is 4.79 Å². The van der Waals surface area contributed by atoms with E-state index in [0.29, 0.717) is 35.4 Å². The number of Topliss-reactive ketones (excluding diaryl/α,β-unsaturated/α-hetero) is 1. The Balaban J connectivity index is 1.61. The van der Waals surface area contributed by atoms with Gasteiger partial charge in [0.1, 0.15) is 5.78 Å². The van der Waals surface area contributed by atoms with Crippen LogP contribution in [0.2, 0.25) is 0 Å². The minimum absolute atomic E-state index is 0.166. The summed E-state index contributed by atoms with van der Waals surface area (Å²) in [6.07, 6.45) is 9.10. The molecule has 0 amide bonds. The van der Waals surface area contributed by atoms with Crippen molar-refractivity contribution >= 4 is 5.78 Å². The highest BCUT2D eigenvalue weighted by molar-refractivity contribution is 5.91. The highest BCUT2D eigenvalue weighted by atomic mass is 16.3. The van der Waals surface area contributed by atoms with Gasteiger partial charge in [-0.25, -0.2) is 0 Å². The predicted molar refractivity (Wildman–Crippen MR) is 130 cm³/mol. The van der Waals surface area contributed by atoms with Crippen molar-refractivity contribution in [3.05, 3.63) is 11.6 Å². The molecule has 0 bridgehead atoms. The van der Waals surface area contributed by atoms with Gasteiger partial charge in [0.15, 0.2) is 0 Å². The van der Waals surface area contributed by atoms with Gasteiger partial charge < -0.3 is 10.2 Å².